The summed E-state index contributed by atoms with van der Waals surface area (Å²) in [5.41, 5.74) is 12.9. The molecule has 0 saturated carbocycles. The summed E-state index contributed by atoms with van der Waals surface area (Å²) in [6, 6.07) is 0. The van der Waals surface area contributed by atoms with E-state index in [0.717, 1.165) is 38.9 Å². The zero-order chi connectivity index (χ0) is 26.1. The fourth-order valence-corrected chi connectivity index (χ4v) is 6.70. The summed E-state index contributed by atoms with van der Waals surface area (Å²) >= 11 is 0. The Hall–Kier alpha value is -2.94. The van der Waals surface area contributed by atoms with Crippen molar-refractivity contribution in [1.29, 1.82) is 0 Å². The minimum atomic E-state index is -0.429. The lowest BCUT2D eigenvalue weighted by molar-refractivity contribution is 0.0958. The number of fused-ring (bicyclic) bond motifs is 6. The lowest BCUT2D eigenvalue weighted by atomic mass is 9.54. The molecule has 2 aliphatic carbocycles. The first-order valence-corrected chi connectivity index (χ1v) is 12.6. The number of hydrogen-bond acceptors (Lipinski definition) is 3. The quantitative estimate of drug-likeness (QED) is 0.265. The summed E-state index contributed by atoms with van der Waals surface area (Å²) in [4.78, 5) is 28.3. The fourth-order valence-electron chi connectivity index (χ4n) is 6.70. The molecule has 0 bridgehead atoms. The van der Waals surface area contributed by atoms with E-state index in [1.165, 1.54) is 22.3 Å². The molecule has 35 heavy (non-hydrogen) atoms. The van der Waals surface area contributed by atoms with Crippen LogP contribution in [0.3, 0.4) is 0 Å². The molecule has 0 unspecified atom stereocenters. The van der Waals surface area contributed by atoms with E-state index in [1.807, 2.05) is 27.7 Å². The summed E-state index contributed by atoms with van der Waals surface area (Å²) in [5, 5.41) is 0. The fraction of sp³-hybridized carbons (Fsp3) is 0.438. The van der Waals surface area contributed by atoms with Crippen LogP contribution < -0.4 is 0 Å². The average molecular weight is 469 g/mol. The predicted octanol–water partition coefficient (Wildman–Crippen LogP) is 7.76. The number of benzene rings is 2. The Morgan fingerprint density at radius 2 is 0.829 bits per heavy atom. The molecule has 3 nitrogen and oxygen atoms in total. The van der Waals surface area contributed by atoms with Gasteiger partial charge in [-0.25, -0.2) is 0 Å². The predicted molar refractivity (Wildman–Crippen MR) is 141 cm³/mol. The Kier molecular flexibility index (Phi) is 4.65. The molecule has 5 rings (SSSR count). The van der Waals surface area contributed by atoms with Gasteiger partial charge in [0.1, 0.15) is 5.76 Å². The van der Waals surface area contributed by atoms with Crippen LogP contribution in [0.1, 0.15) is 115 Å². The van der Waals surface area contributed by atoms with Gasteiger partial charge in [0, 0.05) is 27.7 Å². The number of furan rings is 1. The number of rotatable bonds is 0. The molecule has 0 aliphatic heterocycles. The van der Waals surface area contributed by atoms with E-state index in [0.29, 0.717) is 22.5 Å². The SMILES string of the molecule is Cc1c(C)c(C)c2c(c1C)C(=O)c1oc3c(c1C2=O)C(C)(C)C(C)(C)c1c(C)c(C)c(C)c(C)c1-3. The third-order valence-electron chi connectivity index (χ3n) is 10.2. The summed E-state index contributed by atoms with van der Waals surface area (Å²) in [6.07, 6.45) is 0. The van der Waals surface area contributed by atoms with Gasteiger partial charge in [0.25, 0.3) is 0 Å². The Labute approximate surface area is 208 Å². The summed E-state index contributed by atoms with van der Waals surface area (Å²) < 4.78 is 6.55. The highest BCUT2D eigenvalue weighted by molar-refractivity contribution is 6.30. The Morgan fingerprint density at radius 3 is 1.34 bits per heavy atom. The Bertz CT molecular complexity index is 1540. The molecule has 2 aromatic carbocycles. The van der Waals surface area contributed by atoms with E-state index < -0.39 is 5.41 Å². The van der Waals surface area contributed by atoms with Gasteiger partial charge in [-0.05, 0) is 111 Å². The zero-order valence-corrected chi connectivity index (χ0v) is 23.2. The topological polar surface area (TPSA) is 47.3 Å². The maximum atomic E-state index is 14.3. The van der Waals surface area contributed by atoms with E-state index in [4.69, 9.17) is 4.42 Å². The molecule has 3 heteroatoms. The van der Waals surface area contributed by atoms with Crippen molar-refractivity contribution in [1.82, 2.24) is 0 Å². The summed E-state index contributed by atoms with van der Waals surface area (Å²) in [7, 11) is 0. The second kappa shape index (κ2) is 6.84. The number of ketones is 2. The summed E-state index contributed by atoms with van der Waals surface area (Å²) in [6.45, 7) is 25.6. The normalized spacial score (nSPS) is 17.1. The number of hydrogen-bond donors (Lipinski definition) is 0. The minimum Gasteiger partial charge on any atom is -0.451 e. The molecule has 3 aromatic rings. The van der Waals surface area contributed by atoms with Gasteiger partial charge in [0.15, 0.2) is 11.5 Å². The van der Waals surface area contributed by atoms with Crippen LogP contribution >= 0.6 is 0 Å². The van der Waals surface area contributed by atoms with Gasteiger partial charge in [-0.2, -0.15) is 0 Å². The van der Waals surface area contributed by atoms with Crippen molar-refractivity contribution in [3.63, 3.8) is 0 Å². The number of carbonyl (C=O) groups excluding carboxylic acids is 2. The van der Waals surface area contributed by atoms with Crippen molar-refractivity contribution in [2.24, 2.45) is 0 Å². The third kappa shape index (κ3) is 2.52. The largest absolute Gasteiger partial charge is 0.451 e. The molecular formula is C32H36O3. The monoisotopic (exact) mass is 468 g/mol. The van der Waals surface area contributed by atoms with Gasteiger partial charge in [-0.15, -0.1) is 0 Å². The Balaban J connectivity index is 1.98. The molecule has 2 aliphatic rings. The molecule has 1 heterocycles. The van der Waals surface area contributed by atoms with Crippen LogP contribution in [-0.4, -0.2) is 11.6 Å². The van der Waals surface area contributed by atoms with Crippen molar-refractivity contribution in [3.8, 4) is 11.3 Å². The van der Waals surface area contributed by atoms with Crippen LogP contribution in [-0.2, 0) is 10.8 Å². The van der Waals surface area contributed by atoms with Gasteiger partial charge in [0.05, 0.1) is 5.56 Å². The first-order chi connectivity index (χ1) is 16.1. The Morgan fingerprint density at radius 1 is 0.429 bits per heavy atom. The maximum Gasteiger partial charge on any atom is 0.230 e. The smallest absolute Gasteiger partial charge is 0.230 e. The first-order valence-electron chi connectivity index (χ1n) is 12.6. The average Bonchev–Trinajstić information content (AvgIpc) is 3.20. The highest BCUT2D eigenvalue weighted by Gasteiger charge is 2.54. The van der Waals surface area contributed by atoms with Gasteiger partial charge in [-0.1, -0.05) is 27.7 Å². The van der Waals surface area contributed by atoms with Gasteiger partial charge >= 0.3 is 0 Å². The van der Waals surface area contributed by atoms with Crippen LogP contribution in [0.2, 0.25) is 0 Å². The second-order valence-electron chi connectivity index (χ2n) is 11.9. The van der Waals surface area contributed by atoms with Gasteiger partial charge < -0.3 is 4.42 Å². The van der Waals surface area contributed by atoms with Crippen molar-refractivity contribution in [3.05, 3.63) is 78.1 Å². The lowest BCUT2D eigenvalue weighted by Gasteiger charge is -2.48. The van der Waals surface area contributed by atoms with Gasteiger partial charge in [-0.3, -0.25) is 9.59 Å². The van der Waals surface area contributed by atoms with Crippen molar-refractivity contribution >= 4 is 11.6 Å². The molecule has 0 fully saturated rings. The van der Waals surface area contributed by atoms with Gasteiger partial charge in [0.2, 0.25) is 5.78 Å². The molecule has 0 radical (unpaired) electrons. The minimum absolute atomic E-state index is 0.0752. The molecule has 182 valence electrons. The van der Waals surface area contributed by atoms with Crippen LogP contribution in [0.25, 0.3) is 11.3 Å². The van der Waals surface area contributed by atoms with E-state index in [-0.39, 0.29) is 22.7 Å². The molecule has 0 amide bonds. The van der Waals surface area contributed by atoms with Crippen LogP contribution in [0.5, 0.6) is 0 Å². The molecule has 0 saturated heterocycles. The summed E-state index contributed by atoms with van der Waals surface area (Å²) in [5.74, 6) is 0.677. The third-order valence-corrected chi connectivity index (χ3v) is 10.2. The zero-order valence-electron chi connectivity index (χ0n) is 23.2. The maximum absolute atomic E-state index is 14.3. The van der Waals surface area contributed by atoms with Crippen LogP contribution in [0.15, 0.2) is 4.42 Å². The number of carbonyl (C=O) groups is 2. The second-order valence-corrected chi connectivity index (χ2v) is 11.9. The van der Waals surface area contributed by atoms with E-state index >= 15 is 0 Å². The van der Waals surface area contributed by atoms with Crippen LogP contribution in [0, 0.1) is 55.4 Å². The van der Waals surface area contributed by atoms with Crippen molar-refractivity contribution in [2.75, 3.05) is 0 Å². The van der Waals surface area contributed by atoms with E-state index in [1.54, 1.807) is 0 Å². The molecular weight excluding hydrogens is 432 g/mol. The van der Waals surface area contributed by atoms with Crippen molar-refractivity contribution in [2.45, 2.75) is 93.9 Å². The molecule has 0 N–H and O–H groups in total. The highest BCUT2D eigenvalue weighted by Crippen LogP contribution is 2.59. The van der Waals surface area contributed by atoms with Crippen molar-refractivity contribution < 1.29 is 14.0 Å². The van der Waals surface area contributed by atoms with E-state index in [9.17, 15) is 9.59 Å². The standard InChI is InChI=1S/C32H36O3/c1-13-14(2)18(6)22-21(17(13)5)27(33)24-26-29(35-30(24)28(22)34)23-19(7)15(3)16(4)20(8)25(23)31(9,10)32(26,11)12/h1-12H3. The molecule has 1 aromatic heterocycles. The molecule has 0 spiro atoms. The lowest BCUT2D eigenvalue weighted by Crippen LogP contribution is -2.45. The first kappa shape index (κ1) is 23.8. The molecule has 0 atom stereocenters. The van der Waals surface area contributed by atoms with E-state index in [2.05, 4.69) is 55.4 Å². The highest BCUT2D eigenvalue weighted by atomic mass is 16.4. The van der Waals surface area contributed by atoms with Crippen LogP contribution in [0.4, 0.5) is 0 Å².